The highest BCUT2D eigenvalue weighted by molar-refractivity contribution is 5.75. The van der Waals surface area contributed by atoms with Crippen LogP contribution in [0.25, 0.3) is 0 Å². The first-order chi connectivity index (χ1) is 12.3. The molecule has 0 saturated heterocycles. The third-order valence-corrected chi connectivity index (χ3v) is 3.88. The summed E-state index contributed by atoms with van der Waals surface area (Å²) in [7, 11) is 4.37. The third kappa shape index (κ3) is 3.74. The van der Waals surface area contributed by atoms with Gasteiger partial charge in [-0.15, -0.1) is 0 Å². The molecule has 1 aromatic carbocycles. The second-order valence-corrected chi connectivity index (χ2v) is 5.62. The Bertz CT molecular complexity index is 847. The van der Waals surface area contributed by atoms with Crippen LogP contribution in [0.2, 0.25) is 0 Å². The molecule has 0 spiro atoms. The van der Waals surface area contributed by atoms with E-state index in [9.17, 15) is 14.7 Å². The minimum absolute atomic E-state index is 0.0527. The average Bonchev–Trinajstić information content (AvgIpc) is 2.61. The fraction of sp³-hybridized carbons (Fsp3) is 0.333. The zero-order valence-corrected chi connectivity index (χ0v) is 15.0. The van der Waals surface area contributed by atoms with E-state index in [2.05, 4.69) is 0 Å². The molecule has 1 aromatic heterocycles. The number of hydrogen-bond acceptors (Lipinski definition) is 7. The summed E-state index contributed by atoms with van der Waals surface area (Å²) >= 11 is 0. The first kappa shape index (κ1) is 19.2. The third-order valence-electron chi connectivity index (χ3n) is 3.88. The van der Waals surface area contributed by atoms with E-state index < -0.39 is 23.0 Å². The number of hydrogen-bond donors (Lipinski definition) is 2. The van der Waals surface area contributed by atoms with Crippen molar-refractivity contribution in [2.45, 2.75) is 19.3 Å². The molecule has 0 aliphatic carbocycles. The van der Waals surface area contributed by atoms with Gasteiger partial charge in [0.05, 0.1) is 27.2 Å². The van der Waals surface area contributed by atoms with Crippen molar-refractivity contribution < 1.29 is 28.5 Å². The molecular weight excluding hydrogens is 342 g/mol. The Morgan fingerprint density at radius 2 is 1.73 bits per heavy atom. The standard InChI is InChI=1S/C18H21NO7/c1-9-5-12(20)16(22)17(26-9)11(8-15(19)21)10-6-13(23-2)18(25-4)14(7-10)24-3/h5-7,11,22H,8H2,1-4H3,(H2,19,21)/t11-/m0/s1. The molecular formula is C18H21NO7. The molecule has 2 aromatic rings. The number of carbonyl (C=O) groups is 1. The van der Waals surface area contributed by atoms with Gasteiger partial charge in [-0.2, -0.15) is 0 Å². The molecule has 0 aliphatic rings. The predicted molar refractivity (Wildman–Crippen MR) is 93.1 cm³/mol. The smallest absolute Gasteiger partial charge is 0.227 e. The first-order valence-electron chi connectivity index (χ1n) is 7.74. The second-order valence-electron chi connectivity index (χ2n) is 5.62. The Labute approximate surface area is 150 Å². The quantitative estimate of drug-likeness (QED) is 0.767. The van der Waals surface area contributed by atoms with E-state index in [0.717, 1.165) is 6.07 Å². The van der Waals surface area contributed by atoms with Gasteiger partial charge in [-0.3, -0.25) is 9.59 Å². The molecule has 0 unspecified atom stereocenters. The van der Waals surface area contributed by atoms with Crippen LogP contribution in [0.15, 0.2) is 27.4 Å². The van der Waals surface area contributed by atoms with Crippen LogP contribution >= 0.6 is 0 Å². The highest BCUT2D eigenvalue weighted by Gasteiger charge is 2.27. The number of rotatable bonds is 7. The van der Waals surface area contributed by atoms with Crippen molar-refractivity contribution in [1.82, 2.24) is 0 Å². The number of aryl methyl sites for hydroxylation is 1. The van der Waals surface area contributed by atoms with E-state index in [0.29, 0.717) is 28.6 Å². The molecule has 1 heterocycles. The fourth-order valence-electron chi connectivity index (χ4n) is 2.73. The Morgan fingerprint density at radius 3 is 2.19 bits per heavy atom. The molecule has 8 nitrogen and oxygen atoms in total. The number of methoxy groups -OCH3 is 3. The van der Waals surface area contributed by atoms with Gasteiger partial charge in [-0.05, 0) is 24.6 Å². The van der Waals surface area contributed by atoms with E-state index in [1.54, 1.807) is 19.1 Å². The molecule has 2 rings (SSSR count). The fourth-order valence-corrected chi connectivity index (χ4v) is 2.73. The van der Waals surface area contributed by atoms with Crippen molar-refractivity contribution in [3.63, 3.8) is 0 Å². The van der Waals surface area contributed by atoms with Crippen LogP contribution in [-0.2, 0) is 4.79 Å². The lowest BCUT2D eigenvalue weighted by molar-refractivity contribution is -0.118. The van der Waals surface area contributed by atoms with Gasteiger partial charge >= 0.3 is 0 Å². The molecule has 8 heteroatoms. The molecule has 3 N–H and O–H groups in total. The maximum absolute atomic E-state index is 11.9. The monoisotopic (exact) mass is 363 g/mol. The minimum Gasteiger partial charge on any atom is -0.502 e. The normalized spacial score (nSPS) is 11.7. The summed E-state index contributed by atoms with van der Waals surface area (Å²) in [5.41, 5.74) is 5.26. The van der Waals surface area contributed by atoms with Crippen LogP contribution in [0, 0.1) is 6.92 Å². The zero-order chi connectivity index (χ0) is 19.4. The number of ether oxygens (including phenoxy) is 3. The van der Waals surface area contributed by atoms with Crippen molar-refractivity contribution in [1.29, 1.82) is 0 Å². The van der Waals surface area contributed by atoms with Crippen LogP contribution in [0.5, 0.6) is 23.0 Å². The van der Waals surface area contributed by atoms with Crippen molar-refractivity contribution in [2.24, 2.45) is 5.73 Å². The van der Waals surface area contributed by atoms with E-state index in [-0.39, 0.29) is 12.2 Å². The van der Waals surface area contributed by atoms with Crippen molar-refractivity contribution >= 4 is 5.91 Å². The van der Waals surface area contributed by atoms with E-state index in [4.69, 9.17) is 24.4 Å². The molecule has 0 fully saturated rings. The number of carbonyl (C=O) groups excluding carboxylic acids is 1. The highest BCUT2D eigenvalue weighted by Crippen LogP contribution is 2.43. The van der Waals surface area contributed by atoms with Crippen LogP contribution in [0.1, 0.15) is 29.4 Å². The number of aromatic hydroxyl groups is 1. The summed E-state index contributed by atoms with van der Waals surface area (Å²) in [6.07, 6.45) is -0.196. The number of benzene rings is 1. The van der Waals surface area contributed by atoms with E-state index in [1.165, 1.54) is 21.3 Å². The van der Waals surface area contributed by atoms with Gasteiger partial charge in [0.2, 0.25) is 22.8 Å². The average molecular weight is 363 g/mol. The summed E-state index contributed by atoms with van der Waals surface area (Å²) in [5, 5.41) is 10.2. The molecule has 1 amide bonds. The molecule has 0 saturated carbocycles. The SMILES string of the molecule is COc1cc([C@H](CC(N)=O)c2oc(C)cc(=O)c2O)cc(OC)c1OC. The zero-order valence-electron chi connectivity index (χ0n) is 15.0. The van der Waals surface area contributed by atoms with E-state index in [1.807, 2.05) is 0 Å². The lowest BCUT2D eigenvalue weighted by atomic mass is 9.91. The van der Waals surface area contributed by atoms with Crippen molar-refractivity contribution in [2.75, 3.05) is 21.3 Å². The Kier molecular flexibility index (Phi) is 5.76. The van der Waals surface area contributed by atoms with Gasteiger partial charge in [0.25, 0.3) is 0 Å². The van der Waals surface area contributed by atoms with Crippen molar-refractivity contribution in [3.05, 3.63) is 45.5 Å². The van der Waals surface area contributed by atoms with Crippen LogP contribution in [0.3, 0.4) is 0 Å². The maximum Gasteiger partial charge on any atom is 0.227 e. The van der Waals surface area contributed by atoms with Crippen LogP contribution in [0.4, 0.5) is 0 Å². The lowest BCUT2D eigenvalue weighted by Gasteiger charge is -2.20. The summed E-state index contributed by atoms with van der Waals surface area (Å²) in [6.45, 7) is 1.57. The van der Waals surface area contributed by atoms with Gasteiger partial charge in [0.15, 0.2) is 17.3 Å². The Hall–Kier alpha value is -3.16. The van der Waals surface area contributed by atoms with Gasteiger partial charge in [0.1, 0.15) is 5.76 Å². The largest absolute Gasteiger partial charge is 0.502 e. The lowest BCUT2D eigenvalue weighted by Crippen LogP contribution is -2.18. The number of primary amides is 1. The van der Waals surface area contributed by atoms with Gasteiger partial charge < -0.3 is 29.5 Å². The highest BCUT2D eigenvalue weighted by atomic mass is 16.5. The van der Waals surface area contributed by atoms with Crippen LogP contribution in [-0.4, -0.2) is 32.3 Å². The summed E-state index contributed by atoms with van der Waals surface area (Å²) in [4.78, 5) is 23.5. The van der Waals surface area contributed by atoms with Gasteiger partial charge in [-0.1, -0.05) is 0 Å². The molecule has 140 valence electrons. The topological polar surface area (TPSA) is 121 Å². The Morgan fingerprint density at radius 1 is 1.15 bits per heavy atom. The van der Waals surface area contributed by atoms with Gasteiger partial charge in [0, 0.05) is 12.5 Å². The molecule has 0 bridgehead atoms. The summed E-state index contributed by atoms with van der Waals surface area (Å²) in [5.74, 6) is -0.701. The predicted octanol–water partition coefficient (Wildman–Crippen LogP) is 1.69. The van der Waals surface area contributed by atoms with Gasteiger partial charge in [-0.25, -0.2) is 0 Å². The summed E-state index contributed by atoms with van der Waals surface area (Å²) < 4.78 is 21.4. The molecule has 0 radical (unpaired) electrons. The van der Waals surface area contributed by atoms with Crippen LogP contribution < -0.4 is 25.4 Å². The number of nitrogens with two attached hydrogens (primary N) is 1. The first-order valence-corrected chi connectivity index (χ1v) is 7.74. The molecule has 1 atom stereocenters. The summed E-state index contributed by atoms with van der Waals surface area (Å²) in [6, 6.07) is 4.38. The molecule has 0 aliphatic heterocycles. The Balaban J connectivity index is 2.73. The molecule has 26 heavy (non-hydrogen) atoms. The van der Waals surface area contributed by atoms with Crippen molar-refractivity contribution in [3.8, 4) is 23.0 Å². The maximum atomic E-state index is 11.9. The second kappa shape index (κ2) is 7.81. The minimum atomic E-state index is -0.811. The number of amides is 1. The van der Waals surface area contributed by atoms with E-state index >= 15 is 0 Å².